The summed E-state index contributed by atoms with van der Waals surface area (Å²) < 4.78 is 5.28. The van der Waals surface area contributed by atoms with E-state index in [2.05, 4.69) is 6.58 Å². The zero-order valence-corrected chi connectivity index (χ0v) is 19.1. The minimum Gasteiger partial charge on any atom is -0.423 e. The number of ether oxygens (including phenoxy) is 1. The van der Waals surface area contributed by atoms with Gasteiger partial charge in [0.05, 0.1) is 10.9 Å². The van der Waals surface area contributed by atoms with Crippen LogP contribution in [-0.4, -0.2) is 5.97 Å². The van der Waals surface area contributed by atoms with Crippen LogP contribution in [0.4, 0.5) is 0 Å². The number of esters is 1. The SMILES string of the molecule is C=C(C)C(=O)Oc1ccc([S+](c2cc(Cl)cc(Cl)c2)c2cc(Cl)cc(Cl)c2)cc1. The van der Waals surface area contributed by atoms with Crippen LogP contribution in [0, 0.1) is 0 Å². The van der Waals surface area contributed by atoms with Crippen LogP contribution in [0.2, 0.25) is 20.1 Å². The standard InChI is InChI=1S/C22H15Cl4O2S/c1-13(2)22(27)28-18-3-5-19(6-4-18)29(20-9-14(23)7-15(24)10-20)21-11-16(25)8-17(26)12-21/h3-12H,1H2,2H3/q+1. The maximum atomic E-state index is 11.7. The molecule has 2 nitrogen and oxygen atoms in total. The smallest absolute Gasteiger partial charge is 0.338 e. The lowest BCUT2D eigenvalue weighted by Gasteiger charge is -2.10. The van der Waals surface area contributed by atoms with E-state index in [1.165, 1.54) is 0 Å². The summed E-state index contributed by atoms with van der Waals surface area (Å²) in [6.07, 6.45) is 0. The zero-order chi connectivity index (χ0) is 21.1. The van der Waals surface area contributed by atoms with Crippen molar-refractivity contribution in [3.8, 4) is 5.75 Å². The van der Waals surface area contributed by atoms with Gasteiger partial charge < -0.3 is 4.74 Å². The summed E-state index contributed by atoms with van der Waals surface area (Å²) in [5.41, 5.74) is 0.330. The zero-order valence-electron chi connectivity index (χ0n) is 15.2. The molecule has 0 N–H and O–H groups in total. The van der Waals surface area contributed by atoms with E-state index < -0.39 is 16.9 Å². The van der Waals surface area contributed by atoms with Crippen LogP contribution in [0.3, 0.4) is 0 Å². The number of hydrogen-bond donors (Lipinski definition) is 0. The minimum absolute atomic E-state index is 0.330. The third kappa shape index (κ3) is 5.71. The van der Waals surface area contributed by atoms with Crippen LogP contribution in [0.1, 0.15) is 6.92 Å². The van der Waals surface area contributed by atoms with Gasteiger partial charge in [0, 0.05) is 49.9 Å². The van der Waals surface area contributed by atoms with E-state index in [1.807, 2.05) is 36.4 Å². The third-order valence-electron chi connectivity index (χ3n) is 3.76. The summed E-state index contributed by atoms with van der Waals surface area (Å²) in [5.74, 6) is -0.0430. The normalized spacial score (nSPS) is 10.8. The molecule has 0 aromatic heterocycles. The Morgan fingerprint density at radius 2 is 1.17 bits per heavy atom. The minimum atomic E-state index is -0.581. The molecule has 0 spiro atoms. The Kier molecular flexibility index (Phi) is 7.20. The molecule has 0 unspecified atom stereocenters. The first kappa shape index (κ1) is 22.1. The van der Waals surface area contributed by atoms with E-state index in [4.69, 9.17) is 51.1 Å². The van der Waals surface area contributed by atoms with Crippen molar-refractivity contribution in [2.75, 3.05) is 0 Å². The van der Waals surface area contributed by atoms with Gasteiger partial charge in [-0.15, -0.1) is 0 Å². The molecule has 0 fully saturated rings. The number of carbonyl (C=O) groups excluding carboxylic acids is 1. The predicted molar refractivity (Wildman–Crippen MR) is 122 cm³/mol. The first-order chi connectivity index (χ1) is 13.7. The average Bonchev–Trinajstić information content (AvgIpc) is 2.61. The lowest BCUT2D eigenvalue weighted by molar-refractivity contribution is -0.130. The van der Waals surface area contributed by atoms with Crippen molar-refractivity contribution >= 4 is 63.3 Å². The van der Waals surface area contributed by atoms with Gasteiger partial charge >= 0.3 is 5.97 Å². The molecule has 148 valence electrons. The van der Waals surface area contributed by atoms with Crippen LogP contribution in [0.25, 0.3) is 0 Å². The maximum absolute atomic E-state index is 11.7. The van der Waals surface area contributed by atoms with E-state index in [0.29, 0.717) is 31.4 Å². The van der Waals surface area contributed by atoms with Crippen LogP contribution in [0.15, 0.2) is 87.5 Å². The third-order valence-corrected chi connectivity index (χ3v) is 6.79. The van der Waals surface area contributed by atoms with E-state index in [1.54, 1.807) is 31.2 Å². The second-order valence-corrected chi connectivity index (χ2v) is 9.93. The van der Waals surface area contributed by atoms with Gasteiger partial charge in [0.1, 0.15) is 5.75 Å². The number of rotatable bonds is 5. The number of hydrogen-bond acceptors (Lipinski definition) is 2. The predicted octanol–water partition coefficient (Wildman–Crippen LogP) is 7.88. The Bertz CT molecular complexity index is 989. The summed E-state index contributed by atoms with van der Waals surface area (Å²) in [7, 11) is -0.581. The molecule has 0 amide bonds. The van der Waals surface area contributed by atoms with Gasteiger partial charge in [0.25, 0.3) is 0 Å². The van der Waals surface area contributed by atoms with Gasteiger partial charge in [0.2, 0.25) is 0 Å². The van der Waals surface area contributed by atoms with Crippen LogP contribution >= 0.6 is 46.4 Å². The number of carbonyl (C=O) groups is 1. The molecule has 3 rings (SSSR count). The molecule has 0 atom stereocenters. The fourth-order valence-corrected chi connectivity index (χ4v) is 6.05. The molecule has 0 heterocycles. The topological polar surface area (TPSA) is 26.3 Å². The number of benzene rings is 3. The van der Waals surface area contributed by atoms with Crippen molar-refractivity contribution in [1.29, 1.82) is 0 Å². The molecule has 0 aliphatic heterocycles. The van der Waals surface area contributed by atoms with E-state index in [-0.39, 0.29) is 0 Å². The average molecular weight is 485 g/mol. The Hall–Kier alpha value is -1.62. The highest BCUT2D eigenvalue weighted by Gasteiger charge is 2.30. The van der Waals surface area contributed by atoms with Gasteiger partial charge in [-0.1, -0.05) is 53.0 Å². The Morgan fingerprint density at radius 1 is 0.759 bits per heavy atom. The first-order valence-corrected chi connectivity index (χ1v) is 11.1. The molecule has 0 bridgehead atoms. The Morgan fingerprint density at radius 3 is 1.55 bits per heavy atom. The van der Waals surface area contributed by atoms with Crippen LogP contribution < -0.4 is 4.74 Å². The lowest BCUT2D eigenvalue weighted by atomic mass is 10.3. The molecule has 0 saturated heterocycles. The van der Waals surface area contributed by atoms with Gasteiger partial charge in [-0.2, -0.15) is 0 Å². The van der Waals surface area contributed by atoms with E-state index in [9.17, 15) is 4.79 Å². The van der Waals surface area contributed by atoms with E-state index >= 15 is 0 Å². The fraction of sp³-hybridized carbons (Fsp3) is 0.0455. The first-order valence-electron chi connectivity index (χ1n) is 8.37. The van der Waals surface area contributed by atoms with Crippen molar-refractivity contribution in [1.82, 2.24) is 0 Å². The molecule has 0 aliphatic carbocycles. The molecule has 29 heavy (non-hydrogen) atoms. The monoisotopic (exact) mass is 483 g/mol. The van der Waals surface area contributed by atoms with Gasteiger partial charge in [-0.25, -0.2) is 4.79 Å². The lowest BCUT2D eigenvalue weighted by Crippen LogP contribution is -2.09. The summed E-state index contributed by atoms with van der Waals surface area (Å²) in [6.45, 7) is 5.18. The highest BCUT2D eigenvalue weighted by atomic mass is 35.5. The molecule has 3 aromatic rings. The largest absolute Gasteiger partial charge is 0.423 e. The van der Waals surface area contributed by atoms with Gasteiger partial charge in [-0.3, -0.25) is 0 Å². The van der Waals surface area contributed by atoms with Gasteiger partial charge in [0.15, 0.2) is 14.7 Å². The molecule has 3 aromatic carbocycles. The molecular formula is C22H15Cl4O2S+. The van der Waals surface area contributed by atoms with Gasteiger partial charge in [-0.05, 0) is 43.3 Å². The molecule has 0 aliphatic rings. The molecular weight excluding hydrogens is 470 g/mol. The second kappa shape index (κ2) is 9.46. The second-order valence-electron chi connectivity index (χ2n) is 6.16. The number of halogens is 4. The molecule has 7 heteroatoms. The van der Waals surface area contributed by atoms with Crippen molar-refractivity contribution in [3.63, 3.8) is 0 Å². The van der Waals surface area contributed by atoms with Crippen molar-refractivity contribution < 1.29 is 9.53 Å². The summed E-state index contributed by atoms with van der Waals surface area (Å²) in [4.78, 5) is 14.5. The van der Waals surface area contributed by atoms with Crippen molar-refractivity contribution in [2.24, 2.45) is 0 Å². The van der Waals surface area contributed by atoms with E-state index in [0.717, 1.165) is 14.7 Å². The summed E-state index contributed by atoms with van der Waals surface area (Å²) in [5, 5.41) is 2.13. The summed E-state index contributed by atoms with van der Waals surface area (Å²) >= 11 is 25.0. The molecule has 0 radical (unpaired) electrons. The Labute approximate surface area is 192 Å². The highest BCUT2D eigenvalue weighted by molar-refractivity contribution is 7.97. The van der Waals surface area contributed by atoms with Crippen molar-refractivity contribution in [3.05, 3.63) is 92.9 Å². The molecule has 0 saturated carbocycles. The maximum Gasteiger partial charge on any atom is 0.338 e. The van der Waals surface area contributed by atoms with Crippen LogP contribution in [-0.2, 0) is 15.7 Å². The summed E-state index contributed by atoms with van der Waals surface area (Å²) in [6, 6.07) is 18.0. The highest BCUT2D eigenvalue weighted by Crippen LogP contribution is 2.37. The fourth-order valence-electron chi connectivity index (χ4n) is 2.54. The Balaban J connectivity index is 2.08. The van der Waals surface area contributed by atoms with Crippen LogP contribution in [0.5, 0.6) is 5.75 Å². The quantitative estimate of drug-likeness (QED) is 0.159. The van der Waals surface area contributed by atoms with Crippen molar-refractivity contribution in [2.45, 2.75) is 21.6 Å².